The van der Waals surface area contributed by atoms with Crippen molar-refractivity contribution < 1.29 is 9.53 Å². The molecule has 3 aliphatic heterocycles. The van der Waals surface area contributed by atoms with E-state index in [0.29, 0.717) is 19.0 Å². The Bertz CT molecular complexity index is 798. The van der Waals surface area contributed by atoms with Crippen LogP contribution in [0.1, 0.15) is 18.4 Å². The zero-order chi connectivity index (χ0) is 18.1. The van der Waals surface area contributed by atoms with Crippen LogP contribution in [-0.2, 0) is 11.3 Å². The number of anilines is 2. The smallest absolute Gasteiger partial charge is 0.228 e. The number of hydrogen-bond acceptors (Lipinski definition) is 6. The topological polar surface area (TPSA) is 84.6 Å². The molecule has 0 unspecified atom stereocenters. The molecule has 2 N–H and O–H groups in total. The van der Waals surface area contributed by atoms with E-state index in [-0.39, 0.29) is 23.8 Å². The lowest BCUT2D eigenvalue weighted by Crippen LogP contribution is -2.47. The fraction of sp³-hybridized carbons (Fsp3) is 0.421. The van der Waals surface area contributed by atoms with Gasteiger partial charge in [0.15, 0.2) is 0 Å². The molecule has 4 heterocycles. The first-order valence-electron chi connectivity index (χ1n) is 8.92. The van der Waals surface area contributed by atoms with E-state index in [2.05, 4.69) is 27.0 Å². The Labute approximate surface area is 152 Å². The number of ether oxygens (including phenoxy) is 1. The predicted octanol–water partition coefficient (Wildman–Crippen LogP) is 1.69. The molecule has 0 radical (unpaired) electrons. The minimum Gasteiger partial charge on any atom is -0.481 e. The molecule has 7 heteroatoms. The highest BCUT2D eigenvalue weighted by Gasteiger charge is 2.41. The number of amides is 1. The van der Waals surface area contributed by atoms with Crippen LogP contribution < -0.4 is 15.4 Å². The normalized spacial score (nSPS) is 22.4. The number of hydrogen-bond donors (Lipinski definition) is 1. The van der Waals surface area contributed by atoms with E-state index in [1.165, 1.54) is 0 Å². The molecule has 7 nitrogen and oxygen atoms in total. The van der Waals surface area contributed by atoms with Crippen LogP contribution in [0.25, 0.3) is 0 Å². The third-order valence-corrected chi connectivity index (χ3v) is 5.23. The number of methoxy groups -OCH3 is 1. The minimum atomic E-state index is -0.0142. The standard InChI is InChI=1S/C19H23N5O2/c1-26-17-9-16(21-19(20)22-17)23-11-14-7-8-15(12-23)24(18(14)25)10-13-5-3-2-4-6-13/h2-6,9,14-15H,7-8,10-12H2,1H3,(H2,20,21,22)/t14-,15+/m0/s1. The molecule has 3 aliphatic rings. The Morgan fingerprint density at radius 1 is 1.19 bits per heavy atom. The van der Waals surface area contributed by atoms with E-state index < -0.39 is 0 Å². The summed E-state index contributed by atoms with van der Waals surface area (Å²) in [5.41, 5.74) is 6.98. The van der Waals surface area contributed by atoms with Gasteiger partial charge in [-0.25, -0.2) is 0 Å². The van der Waals surface area contributed by atoms with Crippen molar-refractivity contribution in [1.82, 2.24) is 14.9 Å². The van der Waals surface area contributed by atoms with Crippen LogP contribution in [0.4, 0.5) is 11.8 Å². The van der Waals surface area contributed by atoms with Gasteiger partial charge in [0.05, 0.1) is 13.0 Å². The second-order valence-corrected chi connectivity index (χ2v) is 6.91. The predicted molar refractivity (Wildman–Crippen MR) is 98.7 cm³/mol. The number of rotatable bonds is 4. The Morgan fingerprint density at radius 3 is 2.77 bits per heavy atom. The summed E-state index contributed by atoms with van der Waals surface area (Å²) in [4.78, 5) is 25.6. The van der Waals surface area contributed by atoms with Gasteiger partial charge in [0.1, 0.15) is 5.82 Å². The lowest BCUT2D eigenvalue weighted by atomic mass is 9.93. The second-order valence-electron chi connectivity index (χ2n) is 6.91. The molecule has 0 saturated carbocycles. The molecule has 0 spiro atoms. The van der Waals surface area contributed by atoms with E-state index >= 15 is 0 Å². The number of nitrogens with two attached hydrogens (primary N) is 1. The first-order chi connectivity index (χ1) is 12.6. The van der Waals surface area contributed by atoms with E-state index in [1.54, 1.807) is 13.2 Å². The van der Waals surface area contributed by atoms with E-state index in [9.17, 15) is 4.79 Å². The largest absolute Gasteiger partial charge is 0.481 e. The van der Waals surface area contributed by atoms with Gasteiger partial charge in [0, 0.05) is 31.7 Å². The third kappa shape index (κ3) is 3.16. The van der Waals surface area contributed by atoms with Gasteiger partial charge in [-0.05, 0) is 18.4 Å². The first-order valence-corrected chi connectivity index (χ1v) is 8.92. The number of nitrogens with zero attached hydrogens (tertiary/aromatic N) is 4. The fourth-order valence-electron chi connectivity index (χ4n) is 3.91. The first kappa shape index (κ1) is 16.6. The number of carbonyl (C=O) groups is 1. The maximum atomic E-state index is 13.0. The minimum absolute atomic E-state index is 0.0142. The van der Waals surface area contributed by atoms with Gasteiger partial charge < -0.3 is 20.3 Å². The Kier molecular flexibility index (Phi) is 4.36. The van der Waals surface area contributed by atoms with Crippen LogP contribution in [0.2, 0.25) is 0 Å². The summed E-state index contributed by atoms with van der Waals surface area (Å²) in [6.45, 7) is 2.05. The summed E-state index contributed by atoms with van der Waals surface area (Å²) in [7, 11) is 1.56. The lowest BCUT2D eigenvalue weighted by Gasteiger charge is -2.36. The molecule has 1 aromatic heterocycles. The molecule has 2 atom stereocenters. The van der Waals surface area contributed by atoms with Crippen LogP contribution in [0.15, 0.2) is 36.4 Å². The van der Waals surface area contributed by atoms with Crippen molar-refractivity contribution in [2.24, 2.45) is 5.92 Å². The quantitative estimate of drug-likeness (QED) is 0.900. The van der Waals surface area contributed by atoms with Gasteiger partial charge >= 0.3 is 0 Å². The molecule has 1 aromatic carbocycles. The number of aromatic nitrogens is 2. The summed E-state index contributed by atoms with van der Waals surface area (Å²) in [5.74, 6) is 1.57. The van der Waals surface area contributed by atoms with Gasteiger partial charge in [-0.3, -0.25) is 4.79 Å². The number of carbonyl (C=O) groups excluding carboxylic acids is 1. The molecule has 26 heavy (non-hydrogen) atoms. The van der Waals surface area contributed by atoms with Crippen molar-refractivity contribution in [2.75, 3.05) is 30.8 Å². The van der Waals surface area contributed by atoms with Crippen molar-refractivity contribution >= 4 is 17.7 Å². The maximum absolute atomic E-state index is 13.0. The van der Waals surface area contributed by atoms with Crippen molar-refractivity contribution in [1.29, 1.82) is 0 Å². The van der Waals surface area contributed by atoms with Crippen molar-refractivity contribution in [3.63, 3.8) is 0 Å². The van der Waals surface area contributed by atoms with Crippen LogP contribution in [0.3, 0.4) is 0 Å². The molecular weight excluding hydrogens is 330 g/mol. The number of benzene rings is 1. The molecule has 2 bridgehead atoms. The van der Waals surface area contributed by atoms with Crippen molar-refractivity contribution in [2.45, 2.75) is 25.4 Å². The summed E-state index contributed by atoms with van der Waals surface area (Å²) in [5, 5.41) is 0. The molecule has 0 aliphatic carbocycles. The Balaban J connectivity index is 1.60. The lowest BCUT2D eigenvalue weighted by molar-refractivity contribution is -0.140. The maximum Gasteiger partial charge on any atom is 0.228 e. The van der Waals surface area contributed by atoms with Gasteiger partial charge in [0.2, 0.25) is 17.7 Å². The molecule has 136 valence electrons. The zero-order valence-corrected chi connectivity index (χ0v) is 14.8. The van der Waals surface area contributed by atoms with Crippen molar-refractivity contribution in [3.05, 3.63) is 42.0 Å². The molecule has 3 saturated heterocycles. The van der Waals surface area contributed by atoms with E-state index in [0.717, 1.165) is 30.8 Å². The van der Waals surface area contributed by atoms with Gasteiger partial charge in [-0.1, -0.05) is 30.3 Å². The highest BCUT2D eigenvalue weighted by molar-refractivity contribution is 5.81. The summed E-state index contributed by atoms with van der Waals surface area (Å²) >= 11 is 0. The zero-order valence-electron chi connectivity index (χ0n) is 14.8. The monoisotopic (exact) mass is 353 g/mol. The molecule has 3 fully saturated rings. The molecule has 1 amide bonds. The summed E-state index contributed by atoms with van der Waals surface area (Å²) in [6.07, 6.45) is 1.93. The van der Waals surface area contributed by atoms with Gasteiger partial charge in [-0.15, -0.1) is 0 Å². The van der Waals surface area contributed by atoms with Crippen LogP contribution in [0.5, 0.6) is 5.88 Å². The van der Waals surface area contributed by atoms with Crippen LogP contribution >= 0.6 is 0 Å². The number of piperidine rings is 1. The highest BCUT2D eigenvalue weighted by atomic mass is 16.5. The molecule has 2 aromatic rings. The van der Waals surface area contributed by atoms with Crippen LogP contribution in [0, 0.1) is 5.92 Å². The average Bonchev–Trinajstić information content (AvgIpc) is 2.95. The summed E-state index contributed by atoms with van der Waals surface area (Å²) in [6, 6.07) is 12.1. The Morgan fingerprint density at radius 2 is 2.00 bits per heavy atom. The van der Waals surface area contributed by atoms with Gasteiger partial charge in [-0.2, -0.15) is 9.97 Å². The number of nitrogen functional groups attached to an aromatic ring is 1. The second kappa shape index (κ2) is 6.82. The molecular formula is C19H23N5O2. The van der Waals surface area contributed by atoms with Crippen LogP contribution in [-0.4, -0.2) is 47.0 Å². The number of fused-ring (bicyclic) bond motifs is 4. The fourth-order valence-corrected chi connectivity index (χ4v) is 3.91. The summed E-state index contributed by atoms with van der Waals surface area (Å²) < 4.78 is 5.21. The third-order valence-electron chi connectivity index (χ3n) is 5.23. The highest BCUT2D eigenvalue weighted by Crippen LogP contribution is 2.33. The Hall–Kier alpha value is -2.83. The van der Waals surface area contributed by atoms with Crippen molar-refractivity contribution in [3.8, 4) is 5.88 Å². The van der Waals surface area contributed by atoms with Gasteiger partial charge in [0.25, 0.3) is 0 Å². The SMILES string of the molecule is COc1cc(N2C[C@@H]3CC[C@H](C2)N(Cc2ccccc2)C3=O)nc(N)n1. The van der Waals surface area contributed by atoms with E-state index in [1.807, 2.05) is 23.1 Å². The van der Waals surface area contributed by atoms with E-state index in [4.69, 9.17) is 10.5 Å². The average molecular weight is 353 g/mol. The molecule has 5 rings (SSSR count).